The number of nitrogens with zero attached hydrogens (tertiary/aromatic N) is 3. The van der Waals surface area contributed by atoms with Crippen molar-refractivity contribution in [1.29, 1.82) is 0 Å². The van der Waals surface area contributed by atoms with E-state index in [0.29, 0.717) is 24.6 Å². The van der Waals surface area contributed by atoms with Gasteiger partial charge in [-0.2, -0.15) is 4.98 Å². The molecule has 1 rings (SSSR count). The molecule has 1 heterocycles. The highest BCUT2D eigenvalue weighted by atomic mass is 16.6. The van der Waals surface area contributed by atoms with Gasteiger partial charge in [-0.25, -0.2) is 4.98 Å². The van der Waals surface area contributed by atoms with Crippen LogP contribution in [-0.2, 0) is 0 Å². The van der Waals surface area contributed by atoms with Gasteiger partial charge in [0.2, 0.25) is 11.8 Å². The van der Waals surface area contributed by atoms with Crippen molar-refractivity contribution in [3.8, 4) is 0 Å². The minimum atomic E-state index is -0.514. The molecule has 0 aromatic carbocycles. The van der Waals surface area contributed by atoms with Crippen molar-refractivity contribution < 1.29 is 10.0 Å². The Morgan fingerprint density at radius 3 is 2.67 bits per heavy atom. The summed E-state index contributed by atoms with van der Waals surface area (Å²) in [6, 6.07) is 0. The second-order valence-electron chi connectivity index (χ2n) is 3.90. The zero-order valence-corrected chi connectivity index (χ0v) is 10.6. The van der Waals surface area contributed by atoms with Gasteiger partial charge in [0.05, 0.1) is 11.0 Å². The van der Waals surface area contributed by atoms with Crippen molar-refractivity contribution in [2.24, 2.45) is 0 Å². The van der Waals surface area contributed by atoms with Gasteiger partial charge in [-0.15, -0.1) is 0 Å². The monoisotopic (exact) mass is 255 g/mol. The molecule has 3 N–H and O–H groups in total. The fraction of sp³-hybridized carbons (Fsp3) is 0.600. The van der Waals surface area contributed by atoms with E-state index in [1.54, 1.807) is 20.9 Å². The second kappa shape index (κ2) is 6.10. The molecule has 1 unspecified atom stereocenters. The molecule has 8 heteroatoms. The summed E-state index contributed by atoms with van der Waals surface area (Å²) in [4.78, 5) is 18.4. The molecule has 0 saturated carbocycles. The van der Waals surface area contributed by atoms with Gasteiger partial charge in [0, 0.05) is 13.6 Å². The largest absolute Gasteiger partial charge is 0.393 e. The summed E-state index contributed by atoms with van der Waals surface area (Å²) in [6.07, 6.45) is 0.0120. The maximum atomic E-state index is 11.0. The minimum Gasteiger partial charge on any atom is -0.393 e. The number of hydrogen-bond donors (Lipinski definition) is 3. The summed E-state index contributed by atoms with van der Waals surface area (Å²) in [5.41, 5.74) is 0.151. The standard InChI is InChI=1S/C10H17N5O3/c1-6(16)4-5-12-9-8(15(17)18)7(2)13-10(11-3)14-9/h6,16H,4-5H2,1-3H3,(H2,11,12,13,14). The lowest BCUT2D eigenvalue weighted by molar-refractivity contribution is -0.385. The fourth-order valence-electron chi connectivity index (χ4n) is 1.42. The van der Waals surface area contributed by atoms with E-state index in [0.717, 1.165) is 0 Å². The predicted molar refractivity (Wildman–Crippen MR) is 67.8 cm³/mol. The molecule has 100 valence electrons. The lowest BCUT2D eigenvalue weighted by Crippen LogP contribution is -2.13. The Bertz CT molecular complexity index is 436. The highest BCUT2D eigenvalue weighted by Gasteiger charge is 2.21. The first-order chi connectivity index (χ1) is 8.45. The third kappa shape index (κ3) is 3.52. The Kier molecular flexibility index (Phi) is 4.78. The average Bonchev–Trinajstić information content (AvgIpc) is 2.27. The van der Waals surface area contributed by atoms with Crippen LogP contribution in [0.1, 0.15) is 19.0 Å². The molecule has 0 fully saturated rings. The lowest BCUT2D eigenvalue weighted by Gasteiger charge is -2.10. The van der Waals surface area contributed by atoms with Crippen molar-refractivity contribution in [3.05, 3.63) is 15.8 Å². The molecule has 0 spiro atoms. The number of aliphatic hydroxyl groups excluding tert-OH is 1. The van der Waals surface area contributed by atoms with E-state index in [4.69, 9.17) is 5.11 Å². The molecule has 0 aliphatic heterocycles. The summed E-state index contributed by atoms with van der Waals surface area (Å²) < 4.78 is 0. The van der Waals surface area contributed by atoms with Crippen molar-refractivity contribution >= 4 is 17.5 Å². The quantitative estimate of drug-likeness (QED) is 0.511. The van der Waals surface area contributed by atoms with Gasteiger partial charge in [0.25, 0.3) is 0 Å². The van der Waals surface area contributed by atoms with E-state index in [9.17, 15) is 10.1 Å². The first kappa shape index (κ1) is 14.1. The van der Waals surface area contributed by atoms with Gasteiger partial charge in [-0.3, -0.25) is 10.1 Å². The predicted octanol–water partition coefficient (Wildman–Crippen LogP) is 0.918. The maximum Gasteiger partial charge on any atom is 0.332 e. The molecule has 1 aromatic heterocycles. The third-order valence-electron chi connectivity index (χ3n) is 2.32. The Hall–Kier alpha value is -1.96. The van der Waals surface area contributed by atoms with E-state index < -0.39 is 11.0 Å². The molecule has 0 amide bonds. The van der Waals surface area contributed by atoms with Gasteiger partial charge in [-0.1, -0.05) is 0 Å². The number of nitro groups is 1. The summed E-state index contributed by atoms with van der Waals surface area (Å²) in [5.74, 6) is 0.482. The van der Waals surface area contributed by atoms with Crippen LogP contribution in [0.5, 0.6) is 0 Å². The van der Waals surface area contributed by atoms with E-state index >= 15 is 0 Å². The Morgan fingerprint density at radius 1 is 1.50 bits per heavy atom. The van der Waals surface area contributed by atoms with Crippen LogP contribution in [-0.4, -0.2) is 39.7 Å². The van der Waals surface area contributed by atoms with Gasteiger partial charge >= 0.3 is 5.69 Å². The van der Waals surface area contributed by atoms with Crippen LogP contribution in [0.4, 0.5) is 17.5 Å². The Morgan fingerprint density at radius 2 is 2.17 bits per heavy atom. The van der Waals surface area contributed by atoms with Crippen molar-refractivity contribution in [2.45, 2.75) is 26.4 Å². The summed E-state index contributed by atoms with van der Waals surface area (Å²) in [6.45, 7) is 3.61. The normalized spacial score (nSPS) is 12.0. The van der Waals surface area contributed by atoms with Crippen LogP contribution in [0.15, 0.2) is 0 Å². The SMILES string of the molecule is CNc1nc(C)c([N+](=O)[O-])c(NCCC(C)O)n1. The van der Waals surface area contributed by atoms with Gasteiger partial charge in [-0.05, 0) is 20.3 Å². The number of hydrogen-bond acceptors (Lipinski definition) is 7. The van der Waals surface area contributed by atoms with Crippen molar-refractivity contribution in [1.82, 2.24) is 9.97 Å². The van der Waals surface area contributed by atoms with Crippen LogP contribution < -0.4 is 10.6 Å². The van der Waals surface area contributed by atoms with Gasteiger partial charge < -0.3 is 15.7 Å². The molecular formula is C10H17N5O3. The topological polar surface area (TPSA) is 113 Å². The highest BCUT2D eigenvalue weighted by molar-refractivity contribution is 5.60. The number of anilines is 2. The van der Waals surface area contributed by atoms with Crippen LogP contribution in [0.3, 0.4) is 0 Å². The Labute approximate surface area is 105 Å². The van der Waals surface area contributed by atoms with Crippen LogP contribution >= 0.6 is 0 Å². The summed E-state index contributed by atoms with van der Waals surface area (Å²) >= 11 is 0. The number of rotatable bonds is 6. The van der Waals surface area contributed by atoms with Crippen molar-refractivity contribution in [2.75, 3.05) is 24.2 Å². The first-order valence-corrected chi connectivity index (χ1v) is 5.58. The highest BCUT2D eigenvalue weighted by Crippen LogP contribution is 2.26. The molecule has 0 aliphatic rings. The first-order valence-electron chi connectivity index (χ1n) is 5.58. The number of aliphatic hydroxyl groups is 1. The third-order valence-corrected chi connectivity index (χ3v) is 2.32. The zero-order valence-electron chi connectivity index (χ0n) is 10.6. The Balaban J connectivity index is 2.98. The zero-order chi connectivity index (χ0) is 13.7. The fourth-order valence-corrected chi connectivity index (χ4v) is 1.42. The van der Waals surface area contributed by atoms with Gasteiger partial charge in [0.1, 0.15) is 5.69 Å². The molecule has 0 saturated heterocycles. The molecule has 18 heavy (non-hydrogen) atoms. The van der Waals surface area contributed by atoms with Crippen molar-refractivity contribution in [3.63, 3.8) is 0 Å². The molecule has 0 aliphatic carbocycles. The molecular weight excluding hydrogens is 238 g/mol. The molecule has 8 nitrogen and oxygen atoms in total. The lowest BCUT2D eigenvalue weighted by atomic mass is 10.3. The second-order valence-corrected chi connectivity index (χ2v) is 3.90. The average molecular weight is 255 g/mol. The molecule has 1 atom stereocenters. The van der Waals surface area contributed by atoms with Gasteiger partial charge in [0.15, 0.2) is 0 Å². The van der Waals surface area contributed by atoms with E-state index in [1.807, 2.05) is 0 Å². The van der Waals surface area contributed by atoms with E-state index in [2.05, 4.69) is 20.6 Å². The smallest absolute Gasteiger partial charge is 0.332 e. The maximum absolute atomic E-state index is 11.0. The summed E-state index contributed by atoms with van der Waals surface area (Å²) in [5, 5.41) is 25.7. The summed E-state index contributed by atoms with van der Waals surface area (Å²) in [7, 11) is 1.64. The molecule has 0 bridgehead atoms. The number of nitrogens with one attached hydrogen (secondary N) is 2. The molecule has 0 radical (unpaired) electrons. The van der Waals surface area contributed by atoms with E-state index in [1.165, 1.54) is 0 Å². The van der Waals surface area contributed by atoms with Crippen LogP contribution in [0.25, 0.3) is 0 Å². The minimum absolute atomic E-state index is 0.139. The molecule has 1 aromatic rings. The van der Waals surface area contributed by atoms with Crippen LogP contribution in [0, 0.1) is 17.0 Å². The number of aryl methyl sites for hydroxylation is 1. The van der Waals surface area contributed by atoms with Crippen LogP contribution in [0.2, 0.25) is 0 Å². The number of aromatic nitrogens is 2. The van der Waals surface area contributed by atoms with E-state index in [-0.39, 0.29) is 11.5 Å².